The minimum atomic E-state index is -0.151. The molecule has 0 aliphatic carbocycles. The Labute approximate surface area is 108 Å². The Hall–Kier alpha value is -1.46. The van der Waals surface area contributed by atoms with E-state index in [4.69, 9.17) is 5.84 Å². The molecule has 0 aliphatic rings. The van der Waals surface area contributed by atoms with E-state index >= 15 is 0 Å². The lowest BCUT2D eigenvalue weighted by Gasteiger charge is -2.26. The predicted octanol–water partition coefficient (Wildman–Crippen LogP) is 0.715. The molecule has 1 aromatic heterocycles. The monoisotopic (exact) mass is 250 g/mol. The molecule has 0 spiro atoms. The highest BCUT2D eigenvalue weighted by Gasteiger charge is 2.20. The van der Waals surface area contributed by atoms with Gasteiger partial charge in [-0.15, -0.1) is 0 Å². The van der Waals surface area contributed by atoms with Crippen molar-refractivity contribution in [3.05, 3.63) is 30.1 Å². The van der Waals surface area contributed by atoms with Crippen LogP contribution in [0.1, 0.15) is 25.3 Å². The second kappa shape index (κ2) is 7.79. The molecule has 1 rings (SSSR count). The Kier molecular flexibility index (Phi) is 6.32. The van der Waals surface area contributed by atoms with Crippen molar-refractivity contribution in [1.29, 1.82) is 0 Å². The number of nitrogens with two attached hydrogens (primary N) is 1. The average Bonchev–Trinajstić information content (AvgIpc) is 2.42. The molecular formula is C13H22N4O. The first-order valence-corrected chi connectivity index (χ1v) is 6.28. The molecule has 0 aromatic carbocycles. The number of aromatic nitrogens is 1. The molecule has 1 atom stereocenters. The quantitative estimate of drug-likeness (QED) is 0.425. The fourth-order valence-corrected chi connectivity index (χ4v) is 1.93. The van der Waals surface area contributed by atoms with E-state index in [1.165, 1.54) is 5.56 Å². The number of hydrogen-bond acceptors (Lipinski definition) is 4. The van der Waals surface area contributed by atoms with Crippen LogP contribution in [0.15, 0.2) is 24.5 Å². The molecule has 1 aromatic rings. The number of amides is 1. The summed E-state index contributed by atoms with van der Waals surface area (Å²) < 4.78 is 0. The van der Waals surface area contributed by atoms with Crippen molar-refractivity contribution in [2.75, 3.05) is 13.6 Å². The Morgan fingerprint density at radius 1 is 1.50 bits per heavy atom. The van der Waals surface area contributed by atoms with Gasteiger partial charge in [-0.3, -0.25) is 20.1 Å². The molecule has 0 saturated heterocycles. The molecule has 5 nitrogen and oxygen atoms in total. The highest BCUT2D eigenvalue weighted by atomic mass is 16.2. The summed E-state index contributed by atoms with van der Waals surface area (Å²) in [5.41, 5.74) is 3.46. The van der Waals surface area contributed by atoms with Gasteiger partial charge in [-0.1, -0.05) is 13.3 Å². The molecule has 1 amide bonds. The summed E-state index contributed by atoms with van der Waals surface area (Å²) in [5, 5.41) is 0. The van der Waals surface area contributed by atoms with E-state index in [2.05, 4.69) is 17.3 Å². The molecule has 3 N–H and O–H groups in total. The number of rotatable bonds is 7. The third kappa shape index (κ3) is 4.43. The van der Waals surface area contributed by atoms with E-state index < -0.39 is 0 Å². The van der Waals surface area contributed by atoms with Crippen molar-refractivity contribution in [3.63, 3.8) is 0 Å². The zero-order valence-electron chi connectivity index (χ0n) is 11.1. The van der Waals surface area contributed by atoms with Gasteiger partial charge in [0.05, 0.1) is 6.04 Å². The molecule has 1 heterocycles. The smallest absolute Gasteiger partial charge is 0.251 e. The summed E-state index contributed by atoms with van der Waals surface area (Å²) in [6.07, 6.45) is 6.24. The molecule has 0 aliphatic heterocycles. The van der Waals surface area contributed by atoms with Crippen LogP contribution in [0.5, 0.6) is 0 Å². The van der Waals surface area contributed by atoms with Gasteiger partial charge in [0.1, 0.15) is 0 Å². The Balaban J connectivity index is 2.51. The van der Waals surface area contributed by atoms with Gasteiger partial charge < -0.3 is 0 Å². The zero-order valence-corrected chi connectivity index (χ0v) is 11.1. The van der Waals surface area contributed by atoms with Crippen molar-refractivity contribution in [3.8, 4) is 0 Å². The molecule has 5 heteroatoms. The Morgan fingerprint density at radius 3 is 2.72 bits per heavy atom. The van der Waals surface area contributed by atoms with Crippen molar-refractivity contribution in [2.45, 2.75) is 32.2 Å². The van der Waals surface area contributed by atoms with Crippen molar-refractivity contribution >= 4 is 5.91 Å². The van der Waals surface area contributed by atoms with Crippen LogP contribution < -0.4 is 11.3 Å². The van der Waals surface area contributed by atoms with Crippen LogP contribution in [0.2, 0.25) is 0 Å². The van der Waals surface area contributed by atoms with Gasteiger partial charge >= 0.3 is 0 Å². The number of nitrogens with zero attached hydrogens (tertiary/aromatic N) is 2. The van der Waals surface area contributed by atoms with E-state index in [0.29, 0.717) is 0 Å². The second-order valence-electron chi connectivity index (χ2n) is 4.40. The molecular weight excluding hydrogens is 228 g/mol. The fourth-order valence-electron chi connectivity index (χ4n) is 1.93. The molecule has 1 unspecified atom stereocenters. The summed E-state index contributed by atoms with van der Waals surface area (Å²) in [4.78, 5) is 17.7. The minimum Gasteiger partial charge on any atom is -0.295 e. The third-order valence-corrected chi connectivity index (χ3v) is 3.04. The van der Waals surface area contributed by atoms with Gasteiger partial charge in [-0.05, 0) is 37.6 Å². The maximum atomic E-state index is 11.7. The van der Waals surface area contributed by atoms with E-state index in [9.17, 15) is 4.79 Å². The number of nitrogens with one attached hydrogen (secondary N) is 1. The number of carbonyl (C=O) groups is 1. The van der Waals surface area contributed by atoms with Gasteiger partial charge in [-0.2, -0.15) is 0 Å². The van der Waals surface area contributed by atoms with E-state index in [-0.39, 0.29) is 11.9 Å². The highest BCUT2D eigenvalue weighted by molar-refractivity contribution is 5.81. The van der Waals surface area contributed by atoms with E-state index in [1.807, 2.05) is 24.1 Å². The highest BCUT2D eigenvalue weighted by Crippen LogP contribution is 2.07. The molecule has 0 saturated carbocycles. The SMILES string of the molecule is CCCC(C(=O)NN)N(C)CCc1ccncc1. The third-order valence-electron chi connectivity index (χ3n) is 3.04. The average molecular weight is 250 g/mol. The summed E-state index contributed by atoms with van der Waals surface area (Å²) >= 11 is 0. The summed E-state index contributed by atoms with van der Waals surface area (Å²) in [6, 6.07) is 3.83. The summed E-state index contributed by atoms with van der Waals surface area (Å²) in [5.74, 6) is 5.10. The van der Waals surface area contributed by atoms with Crippen LogP contribution >= 0.6 is 0 Å². The lowest BCUT2D eigenvalue weighted by Crippen LogP contribution is -2.48. The van der Waals surface area contributed by atoms with Crippen LogP contribution in [0, 0.1) is 0 Å². The van der Waals surface area contributed by atoms with Crippen LogP contribution in [-0.2, 0) is 11.2 Å². The van der Waals surface area contributed by atoms with E-state index in [0.717, 1.165) is 25.8 Å². The van der Waals surface area contributed by atoms with Gasteiger partial charge in [0, 0.05) is 18.9 Å². The first-order valence-electron chi connectivity index (χ1n) is 6.28. The van der Waals surface area contributed by atoms with Crippen molar-refractivity contribution in [1.82, 2.24) is 15.3 Å². The minimum absolute atomic E-state index is 0.117. The molecule has 0 radical (unpaired) electrons. The molecule has 100 valence electrons. The Morgan fingerprint density at radius 2 is 2.17 bits per heavy atom. The van der Waals surface area contributed by atoms with Gasteiger partial charge in [-0.25, -0.2) is 5.84 Å². The van der Waals surface area contributed by atoms with E-state index in [1.54, 1.807) is 12.4 Å². The van der Waals surface area contributed by atoms with Gasteiger partial charge in [0.25, 0.3) is 5.91 Å². The second-order valence-corrected chi connectivity index (χ2v) is 4.40. The largest absolute Gasteiger partial charge is 0.295 e. The van der Waals surface area contributed by atoms with Crippen LogP contribution in [0.25, 0.3) is 0 Å². The predicted molar refractivity (Wildman–Crippen MR) is 71.6 cm³/mol. The number of likely N-dealkylation sites (N-methyl/N-ethyl adjacent to an activating group) is 1. The number of hydrogen-bond donors (Lipinski definition) is 2. The van der Waals surface area contributed by atoms with Gasteiger partial charge in [0.15, 0.2) is 0 Å². The number of hydrazine groups is 1. The summed E-state index contributed by atoms with van der Waals surface area (Å²) in [7, 11) is 1.96. The fraction of sp³-hybridized carbons (Fsp3) is 0.538. The topological polar surface area (TPSA) is 71.2 Å². The lowest BCUT2D eigenvalue weighted by atomic mass is 10.1. The van der Waals surface area contributed by atoms with Crippen LogP contribution in [0.4, 0.5) is 0 Å². The van der Waals surface area contributed by atoms with Crippen molar-refractivity contribution in [2.24, 2.45) is 5.84 Å². The maximum Gasteiger partial charge on any atom is 0.251 e. The van der Waals surface area contributed by atoms with Crippen LogP contribution in [0.3, 0.4) is 0 Å². The van der Waals surface area contributed by atoms with Gasteiger partial charge in [0.2, 0.25) is 0 Å². The number of pyridine rings is 1. The normalized spacial score (nSPS) is 12.4. The number of carbonyl (C=O) groups excluding carboxylic acids is 1. The maximum absolute atomic E-state index is 11.7. The summed E-state index contributed by atoms with van der Waals surface area (Å²) in [6.45, 7) is 2.88. The molecule has 0 bridgehead atoms. The van der Waals surface area contributed by atoms with Crippen molar-refractivity contribution < 1.29 is 4.79 Å². The molecule has 18 heavy (non-hydrogen) atoms. The zero-order chi connectivity index (χ0) is 13.4. The first kappa shape index (κ1) is 14.6. The molecule has 0 fully saturated rings. The standard InChI is InChI=1S/C13H22N4O/c1-3-4-12(13(18)16-14)17(2)10-7-11-5-8-15-9-6-11/h5-6,8-9,12H,3-4,7,10,14H2,1-2H3,(H,16,18). The lowest BCUT2D eigenvalue weighted by molar-refractivity contribution is -0.126. The Bertz CT molecular complexity index is 355. The first-order chi connectivity index (χ1) is 8.69. The van der Waals surface area contributed by atoms with Crippen LogP contribution in [-0.4, -0.2) is 35.4 Å².